The molecule has 0 saturated heterocycles. The summed E-state index contributed by atoms with van der Waals surface area (Å²) in [7, 11) is -3.73. The number of benzene rings is 2. The summed E-state index contributed by atoms with van der Waals surface area (Å²) >= 11 is 1.07. The fourth-order valence-corrected chi connectivity index (χ4v) is 4.73. The third kappa shape index (κ3) is 2.70. The second-order valence-corrected chi connectivity index (χ2v) is 7.79. The van der Waals surface area contributed by atoms with Gasteiger partial charge >= 0.3 is 0 Å². The fraction of sp³-hybridized carbons (Fsp3) is 0.0714. The van der Waals surface area contributed by atoms with Crippen LogP contribution in [0.15, 0.2) is 52.9 Å². The van der Waals surface area contributed by atoms with Crippen LogP contribution in [0.3, 0.4) is 0 Å². The van der Waals surface area contributed by atoms with E-state index < -0.39 is 20.5 Å². The number of nitro benzene ring substituents is 1. The molecule has 0 bridgehead atoms. The van der Waals surface area contributed by atoms with Crippen LogP contribution in [0.25, 0.3) is 10.2 Å². The van der Waals surface area contributed by atoms with Crippen LogP contribution in [0.2, 0.25) is 0 Å². The molecule has 3 aromatic rings. The van der Waals surface area contributed by atoms with Crippen LogP contribution in [0.1, 0.15) is 5.56 Å². The van der Waals surface area contributed by atoms with Crippen LogP contribution in [0.5, 0.6) is 0 Å². The van der Waals surface area contributed by atoms with Crippen LogP contribution < -0.4 is 0 Å². The van der Waals surface area contributed by atoms with Crippen LogP contribution in [0.4, 0.5) is 5.69 Å². The molecule has 0 spiro atoms. The van der Waals surface area contributed by atoms with Gasteiger partial charge in [-0.15, -0.1) is 11.3 Å². The van der Waals surface area contributed by atoms with Gasteiger partial charge in [0.25, 0.3) is 5.69 Å². The van der Waals surface area contributed by atoms with E-state index in [0.29, 0.717) is 5.52 Å². The van der Waals surface area contributed by atoms with Crippen molar-refractivity contribution in [3.63, 3.8) is 0 Å². The highest BCUT2D eigenvalue weighted by atomic mass is 32.2. The summed E-state index contributed by atoms with van der Waals surface area (Å²) in [6.07, 6.45) is 0. The average molecular weight is 334 g/mol. The molecule has 3 rings (SSSR count). The summed E-state index contributed by atoms with van der Waals surface area (Å²) in [6.45, 7) is 0. The Morgan fingerprint density at radius 3 is 2.50 bits per heavy atom. The molecule has 6 nitrogen and oxygen atoms in total. The van der Waals surface area contributed by atoms with Crippen LogP contribution in [-0.4, -0.2) is 18.3 Å². The number of rotatable bonds is 4. The van der Waals surface area contributed by atoms with Gasteiger partial charge in [0.1, 0.15) is 0 Å². The molecule has 2 aromatic carbocycles. The predicted molar refractivity (Wildman–Crippen MR) is 83.6 cm³/mol. The summed E-state index contributed by atoms with van der Waals surface area (Å²) in [5.41, 5.74) is 0.563. The van der Waals surface area contributed by atoms with E-state index in [-0.39, 0.29) is 15.6 Å². The van der Waals surface area contributed by atoms with Crippen molar-refractivity contribution < 1.29 is 13.3 Å². The smallest absolute Gasteiger partial charge is 0.258 e. The highest BCUT2D eigenvalue weighted by Crippen LogP contribution is 2.29. The number of thiazole rings is 1. The molecule has 0 unspecified atom stereocenters. The monoisotopic (exact) mass is 334 g/mol. The molecule has 0 aliphatic carbocycles. The second-order valence-electron chi connectivity index (χ2n) is 4.59. The largest absolute Gasteiger partial charge is 0.273 e. The standard InChI is InChI=1S/C14H10N2O4S2/c17-16(18)12-7-3-1-5-10(12)9-22(19,20)14-15-11-6-2-4-8-13(11)21-14/h1-8H,9H2. The zero-order valence-corrected chi connectivity index (χ0v) is 12.8. The number of nitrogens with zero attached hydrogens (tertiary/aromatic N) is 2. The van der Waals surface area contributed by atoms with Gasteiger partial charge in [0.15, 0.2) is 0 Å². The molecule has 0 amide bonds. The Hall–Kier alpha value is -2.32. The Labute approximate surface area is 130 Å². The first-order valence-corrected chi connectivity index (χ1v) is 8.75. The first-order valence-electron chi connectivity index (χ1n) is 6.28. The highest BCUT2D eigenvalue weighted by Gasteiger charge is 2.24. The van der Waals surface area contributed by atoms with Crippen LogP contribution in [0, 0.1) is 10.1 Å². The van der Waals surface area contributed by atoms with E-state index in [9.17, 15) is 18.5 Å². The number of sulfone groups is 1. The van der Waals surface area contributed by atoms with Gasteiger partial charge in [-0.1, -0.05) is 30.3 Å². The lowest BCUT2D eigenvalue weighted by molar-refractivity contribution is -0.385. The number of hydrogen-bond donors (Lipinski definition) is 0. The van der Waals surface area contributed by atoms with Gasteiger partial charge in [-0.3, -0.25) is 10.1 Å². The number of fused-ring (bicyclic) bond motifs is 1. The summed E-state index contributed by atoms with van der Waals surface area (Å²) in [5.74, 6) is -0.441. The van der Waals surface area contributed by atoms with E-state index >= 15 is 0 Å². The maximum Gasteiger partial charge on any atom is 0.273 e. The maximum absolute atomic E-state index is 12.5. The molecular formula is C14H10N2O4S2. The lowest BCUT2D eigenvalue weighted by Gasteiger charge is -2.02. The van der Waals surface area contributed by atoms with Gasteiger partial charge in [0, 0.05) is 11.6 Å². The van der Waals surface area contributed by atoms with E-state index in [4.69, 9.17) is 0 Å². The minimum Gasteiger partial charge on any atom is -0.258 e. The van der Waals surface area contributed by atoms with Crippen molar-refractivity contribution in [1.82, 2.24) is 4.98 Å². The number of aromatic nitrogens is 1. The van der Waals surface area contributed by atoms with Crippen LogP contribution in [-0.2, 0) is 15.6 Å². The normalized spacial score (nSPS) is 11.6. The van der Waals surface area contributed by atoms with Crippen molar-refractivity contribution in [2.45, 2.75) is 10.1 Å². The van der Waals surface area contributed by atoms with Gasteiger partial charge < -0.3 is 0 Å². The van der Waals surface area contributed by atoms with E-state index in [1.54, 1.807) is 30.3 Å². The molecule has 0 aliphatic heterocycles. The average Bonchev–Trinajstić information content (AvgIpc) is 2.92. The molecule has 1 aromatic heterocycles. The first-order chi connectivity index (χ1) is 10.5. The highest BCUT2D eigenvalue weighted by molar-refractivity contribution is 7.92. The van der Waals surface area contributed by atoms with Gasteiger partial charge in [-0.05, 0) is 12.1 Å². The predicted octanol–water partition coefficient (Wildman–Crippen LogP) is 3.18. The molecule has 0 fully saturated rings. The van der Waals surface area contributed by atoms with Gasteiger partial charge in [-0.25, -0.2) is 13.4 Å². The minimum absolute atomic E-state index is 0.0214. The maximum atomic E-state index is 12.5. The zero-order chi connectivity index (χ0) is 15.7. The summed E-state index contributed by atoms with van der Waals surface area (Å²) < 4.78 is 25.7. The second kappa shape index (κ2) is 5.47. The summed E-state index contributed by atoms with van der Waals surface area (Å²) in [6, 6.07) is 12.9. The minimum atomic E-state index is -3.73. The third-order valence-electron chi connectivity index (χ3n) is 3.07. The molecule has 8 heteroatoms. The van der Waals surface area contributed by atoms with Gasteiger partial charge in [-0.2, -0.15) is 0 Å². The Kier molecular flexibility index (Phi) is 3.63. The molecular weight excluding hydrogens is 324 g/mol. The van der Waals surface area contributed by atoms with E-state index in [1.807, 2.05) is 0 Å². The van der Waals surface area contributed by atoms with Gasteiger partial charge in [0.2, 0.25) is 14.2 Å². The van der Waals surface area contributed by atoms with Crippen molar-refractivity contribution >= 4 is 37.1 Å². The van der Waals surface area contributed by atoms with Crippen molar-refractivity contribution in [1.29, 1.82) is 0 Å². The van der Waals surface area contributed by atoms with Crippen molar-refractivity contribution in [2.24, 2.45) is 0 Å². The molecule has 0 saturated carbocycles. The molecule has 0 N–H and O–H groups in total. The van der Waals surface area contributed by atoms with Crippen LogP contribution >= 0.6 is 11.3 Å². The third-order valence-corrected chi connectivity index (χ3v) is 6.23. The van der Waals surface area contributed by atoms with Gasteiger partial charge in [0.05, 0.1) is 20.9 Å². The Morgan fingerprint density at radius 1 is 1.09 bits per heavy atom. The molecule has 0 radical (unpaired) electrons. The fourth-order valence-electron chi connectivity index (χ4n) is 2.06. The number of nitro groups is 1. The zero-order valence-electron chi connectivity index (χ0n) is 11.2. The lowest BCUT2D eigenvalue weighted by atomic mass is 10.2. The van der Waals surface area contributed by atoms with Crippen molar-refractivity contribution in [3.8, 4) is 0 Å². The SMILES string of the molecule is O=[N+]([O-])c1ccccc1CS(=O)(=O)c1nc2ccccc2s1. The first kappa shape index (κ1) is 14.6. The topological polar surface area (TPSA) is 90.2 Å². The van der Waals surface area contributed by atoms with Crippen molar-refractivity contribution in [2.75, 3.05) is 0 Å². The quantitative estimate of drug-likeness (QED) is 0.540. The number of hydrogen-bond acceptors (Lipinski definition) is 6. The van der Waals surface area contributed by atoms with E-state index in [1.165, 1.54) is 18.2 Å². The molecule has 1 heterocycles. The summed E-state index contributed by atoms with van der Waals surface area (Å²) in [4.78, 5) is 14.5. The van der Waals surface area contributed by atoms with Crippen molar-refractivity contribution in [3.05, 3.63) is 64.2 Å². The molecule has 112 valence electrons. The molecule has 0 atom stereocenters. The number of para-hydroxylation sites is 2. The molecule has 0 aliphatic rings. The van der Waals surface area contributed by atoms with E-state index in [0.717, 1.165) is 16.0 Å². The molecule has 22 heavy (non-hydrogen) atoms. The Balaban J connectivity index is 2.02. The lowest BCUT2D eigenvalue weighted by Crippen LogP contribution is -2.06. The summed E-state index contributed by atoms with van der Waals surface area (Å²) in [5, 5.41) is 11.0. The Bertz CT molecular complexity index is 931. The van der Waals surface area contributed by atoms with E-state index in [2.05, 4.69) is 4.98 Å². The Morgan fingerprint density at radius 2 is 1.77 bits per heavy atom.